The summed E-state index contributed by atoms with van der Waals surface area (Å²) >= 11 is 0. The summed E-state index contributed by atoms with van der Waals surface area (Å²) in [5.41, 5.74) is 8.78. The number of nitrogens with two attached hydrogens (primary N) is 1. The molecule has 0 fully saturated rings. The molecule has 2 N–H and O–H groups in total. The molecule has 1 unspecified atom stereocenters. The van der Waals surface area contributed by atoms with Gasteiger partial charge in [0, 0.05) is 6.04 Å². The van der Waals surface area contributed by atoms with E-state index in [1.807, 2.05) is 18.2 Å². The van der Waals surface area contributed by atoms with Gasteiger partial charge >= 0.3 is 0 Å². The van der Waals surface area contributed by atoms with Crippen LogP contribution in [-0.4, -0.2) is 12.6 Å². The highest BCUT2D eigenvalue weighted by atomic mass is 16.5. The number of ether oxygens (including phenoxy) is 1. The second-order valence-corrected chi connectivity index (χ2v) is 5.15. The molecule has 0 aliphatic heterocycles. The van der Waals surface area contributed by atoms with Crippen molar-refractivity contribution >= 4 is 0 Å². The van der Waals surface area contributed by atoms with Gasteiger partial charge < -0.3 is 10.5 Å². The molecule has 106 valence electrons. The maximum Gasteiger partial charge on any atom is 0.119 e. The van der Waals surface area contributed by atoms with Gasteiger partial charge in [0.25, 0.3) is 0 Å². The predicted molar refractivity (Wildman–Crippen MR) is 84.1 cm³/mol. The van der Waals surface area contributed by atoms with Crippen molar-refractivity contribution in [3.05, 3.63) is 65.7 Å². The largest absolute Gasteiger partial charge is 0.494 e. The summed E-state index contributed by atoms with van der Waals surface area (Å²) in [5.74, 6) is 0.937. The molecule has 0 saturated carbocycles. The van der Waals surface area contributed by atoms with E-state index >= 15 is 0 Å². The average Bonchev–Trinajstić information content (AvgIpc) is 2.47. The summed E-state index contributed by atoms with van der Waals surface area (Å²) in [6, 6.07) is 18.8. The smallest absolute Gasteiger partial charge is 0.119 e. The van der Waals surface area contributed by atoms with E-state index in [0.717, 1.165) is 31.6 Å². The highest BCUT2D eigenvalue weighted by molar-refractivity contribution is 5.28. The van der Waals surface area contributed by atoms with Crippen LogP contribution in [0.5, 0.6) is 5.75 Å². The maximum atomic E-state index is 6.22. The molecule has 2 nitrogen and oxygen atoms in total. The van der Waals surface area contributed by atoms with Gasteiger partial charge in [0.1, 0.15) is 5.75 Å². The first kappa shape index (κ1) is 14.6. The van der Waals surface area contributed by atoms with Crippen molar-refractivity contribution in [1.82, 2.24) is 0 Å². The Morgan fingerprint density at radius 3 is 2.10 bits per heavy atom. The zero-order chi connectivity index (χ0) is 14.2. The normalized spacial score (nSPS) is 12.1. The zero-order valence-corrected chi connectivity index (χ0v) is 12.1. The Balaban J connectivity index is 1.86. The molecule has 0 radical (unpaired) electrons. The third kappa shape index (κ3) is 4.71. The molecule has 0 aromatic heterocycles. The fourth-order valence-corrected chi connectivity index (χ4v) is 2.23. The van der Waals surface area contributed by atoms with Crippen molar-refractivity contribution in [3.8, 4) is 5.75 Å². The van der Waals surface area contributed by atoms with Crippen molar-refractivity contribution in [1.29, 1.82) is 0 Å². The van der Waals surface area contributed by atoms with Crippen LogP contribution in [0, 0.1) is 0 Å². The third-order valence-corrected chi connectivity index (χ3v) is 3.23. The Morgan fingerprint density at radius 2 is 1.50 bits per heavy atom. The minimum Gasteiger partial charge on any atom is -0.494 e. The van der Waals surface area contributed by atoms with Crippen LogP contribution in [0.3, 0.4) is 0 Å². The van der Waals surface area contributed by atoms with Crippen LogP contribution < -0.4 is 10.5 Å². The molecular formula is C18H23NO. The lowest BCUT2D eigenvalue weighted by Gasteiger charge is -2.12. The zero-order valence-electron chi connectivity index (χ0n) is 12.1. The molecule has 2 aromatic carbocycles. The molecule has 1 atom stereocenters. The van der Waals surface area contributed by atoms with Crippen LogP contribution in [-0.2, 0) is 12.8 Å². The molecule has 0 aliphatic carbocycles. The first-order valence-electron chi connectivity index (χ1n) is 7.29. The van der Waals surface area contributed by atoms with Gasteiger partial charge in [-0.05, 0) is 42.5 Å². The summed E-state index contributed by atoms with van der Waals surface area (Å²) in [7, 11) is 0. The van der Waals surface area contributed by atoms with E-state index in [0.29, 0.717) is 0 Å². The van der Waals surface area contributed by atoms with Crippen LogP contribution in [0.4, 0.5) is 0 Å². The molecule has 2 rings (SSSR count). The molecular weight excluding hydrogens is 246 g/mol. The fraction of sp³-hybridized carbons (Fsp3) is 0.333. The Labute approximate surface area is 121 Å². The quantitative estimate of drug-likeness (QED) is 0.833. The summed E-state index contributed by atoms with van der Waals surface area (Å²) in [4.78, 5) is 0. The minimum atomic E-state index is 0.153. The van der Waals surface area contributed by atoms with Crippen LogP contribution in [0.15, 0.2) is 54.6 Å². The van der Waals surface area contributed by atoms with Crippen molar-refractivity contribution in [2.75, 3.05) is 6.61 Å². The molecule has 0 spiro atoms. The van der Waals surface area contributed by atoms with Crippen molar-refractivity contribution in [3.63, 3.8) is 0 Å². The standard InChI is InChI=1S/C18H23NO/c1-2-12-20-18-10-8-16(9-11-18)14-17(19)13-15-6-4-3-5-7-15/h3-11,17H,2,12-14,19H2,1H3. The second-order valence-electron chi connectivity index (χ2n) is 5.15. The van der Waals surface area contributed by atoms with E-state index in [-0.39, 0.29) is 6.04 Å². The van der Waals surface area contributed by atoms with Gasteiger partial charge in [-0.2, -0.15) is 0 Å². The SMILES string of the molecule is CCCOc1ccc(CC(N)Cc2ccccc2)cc1. The molecule has 0 heterocycles. The summed E-state index contributed by atoms with van der Waals surface area (Å²) in [6.45, 7) is 2.88. The van der Waals surface area contributed by atoms with Crippen molar-refractivity contribution in [2.24, 2.45) is 5.73 Å². The molecule has 2 heteroatoms. The van der Waals surface area contributed by atoms with Gasteiger partial charge in [-0.15, -0.1) is 0 Å². The molecule has 20 heavy (non-hydrogen) atoms. The monoisotopic (exact) mass is 269 g/mol. The maximum absolute atomic E-state index is 6.22. The van der Waals surface area contributed by atoms with Gasteiger partial charge in [-0.25, -0.2) is 0 Å². The lowest BCUT2D eigenvalue weighted by molar-refractivity contribution is 0.317. The van der Waals surface area contributed by atoms with E-state index in [4.69, 9.17) is 10.5 Å². The number of benzene rings is 2. The average molecular weight is 269 g/mol. The van der Waals surface area contributed by atoms with Gasteiger partial charge in [-0.3, -0.25) is 0 Å². The first-order chi connectivity index (χ1) is 9.78. The lowest BCUT2D eigenvalue weighted by Crippen LogP contribution is -2.25. The number of hydrogen-bond donors (Lipinski definition) is 1. The highest BCUT2D eigenvalue weighted by Gasteiger charge is 2.05. The Bertz CT molecular complexity index is 493. The first-order valence-corrected chi connectivity index (χ1v) is 7.29. The van der Waals surface area contributed by atoms with Crippen LogP contribution >= 0.6 is 0 Å². The number of hydrogen-bond acceptors (Lipinski definition) is 2. The fourth-order valence-electron chi connectivity index (χ4n) is 2.23. The van der Waals surface area contributed by atoms with Gasteiger partial charge in [0.05, 0.1) is 6.61 Å². The Morgan fingerprint density at radius 1 is 0.900 bits per heavy atom. The van der Waals surface area contributed by atoms with Gasteiger partial charge in [0.2, 0.25) is 0 Å². The van der Waals surface area contributed by atoms with E-state index in [1.54, 1.807) is 0 Å². The summed E-state index contributed by atoms with van der Waals surface area (Å²) < 4.78 is 5.58. The number of rotatable bonds is 7. The van der Waals surface area contributed by atoms with Crippen LogP contribution in [0.25, 0.3) is 0 Å². The van der Waals surface area contributed by atoms with Crippen LogP contribution in [0.1, 0.15) is 24.5 Å². The van der Waals surface area contributed by atoms with E-state index in [9.17, 15) is 0 Å². The topological polar surface area (TPSA) is 35.2 Å². The van der Waals surface area contributed by atoms with Crippen LogP contribution in [0.2, 0.25) is 0 Å². The molecule has 0 saturated heterocycles. The third-order valence-electron chi connectivity index (χ3n) is 3.23. The molecule has 0 aliphatic rings. The van der Waals surface area contributed by atoms with E-state index < -0.39 is 0 Å². The minimum absolute atomic E-state index is 0.153. The van der Waals surface area contributed by atoms with Crippen molar-refractivity contribution < 1.29 is 4.74 Å². The Hall–Kier alpha value is -1.80. The summed E-state index contributed by atoms with van der Waals surface area (Å²) in [5, 5.41) is 0. The summed E-state index contributed by atoms with van der Waals surface area (Å²) in [6.07, 6.45) is 2.83. The van der Waals surface area contributed by atoms with E-state index in [2.05, 4.69) is 43.3 Å². The highest BCUT2D eigenvalue weighted by Crippen LogP contribution is 2.14. The Kier molecular flexibility index (Phi) is 5.63. The molecule has 0 bridgehead atoms. The molecule has 2 aromatic rings. The second kappa shape index (κ2) is 7.71. The van der Waals surface area contributed by atoms with Gasteiger partial charge in [-0.1, -0.05) is 49.4 Å². The van der Waals surface area contributed by atoms with Gasteiger partial charge in [0.15, 0.2) is 0 Å². The van der Waals surface area contributed by atoms with E-state index in [1.165, 1.54) is 11.1 Å². The predicted octanol–water partition coefficient (Wildman–Crippen LogP) is 3.59. The molecule has 0 amide bonds. The van der Waals surface area contributed by atoms with Crippen molar-refractivity contribution in [2.45, 2.75) is 32.2 Å². The lowest BCUT2D eigenvalue weighted by atomic mass is 10.00.